The molecule has 0 bridgehead atoms. The van der Waals surface area contributed by atoms with E-state index in [1.54, 1.807) is 0 Å². The van der Waals surface area contributed by atoms with Crippen molar-refractivity contribution in [3.8, 4) is 0 Å². The van der Waals surface area contributed by atoms with Gasteiger partial charge in [0.15, 0.2) is 0 Å². The van der Waals surface area contributed by atoms with Crippen molar-refractivity contribution in [2.45, 2.75) is 0 Å². The minimum atomic E-state index is 0. The lowest BCUT2D eigenvalue weighted by Gasteiger charge is -0.413. The van der Waals surface area contributed by atoms with Crippen LogP contribution in [0.2, 0.25) is 0 Å². The van der Waals surface area contributed by atoms with E-state index in [0.29, 0.717) is 0 Å². The molecule has 0 saturated carbocycles. The smallest absolute Gasteiger partial charge is 0.412 e. The Balaban J connectivity index is 0. The van der Waals surface area contributed by atoms with Gasteiger partial charge in [-0.05, 0) is 0 Å². The maximum Gasteiger partial charge on any atom is -0.412 e. The molecular weight excluding hydrogens is 144 g/mol. The summed E-state index contributed by atoms with van der Waals surface area (Å²) in [6.07, 6.45) is 0. The SMILES string of the molecule is O.O.O.O.O.O.O.O.O. The Kier molecular flexibility index (Phi) is 1120000. The number of hydrogen-bond acceptors (Lipinski definition) is 0. The molecule has 0 aromatic heterocycles. The average Bonchev–Trinajstić information content (AvgIpc) is 0. The lowest BCUT2D eigenvalue weighted by Crippen LogP contribution is -0.290. The van der Waals surface area contributed by atoms with Crippen molar-refractivity contribution < 1.29 is 49.3 Å². The van der Waals surface area contributed by atoms with Gasteiger partial charge in [0.25, 0.3) is 0 Å². The van der Waals surface area contributed by atoms with Gasteiger partial charge in [0.05, 0.1) is 0 Å². The van der Waals surface area contributed by atoms with Crippen molar-refractivity contribution in [3.63, 3.8) is 0 Å². The molecule has 0 aromatic carbocycles. The molecule has 0 aliphatic rings. The molecule has 0 fully saturated rings. The first kappa shape index (κ1) is 3890. The van der Waals surface area contributed by atoms with Crippen molar-refractivity contribution in [1.29, 1.82) is 0 Å². The molecule has 0 aliphatic carbocycles. The van der Waals surface area contributed by atoms with Gasteiger partial charge < -0.3 is 49.3 Å². The second-order valence-electron chi connectivity index (χ2n) is 0. The van der Waals surface area contributed by atoms with Crippen LogP contribution in [0.5, 0.6) is 0 Å². The summed E-state index contributed by atoms with van der Waals surface area (Å²) in [5, 5.41) is 0. The second-order valence-corrected chi connectivity index (χ2v) is 0. The standard InChI is InChI=1S/9H2O/h9*1H2. The molecule has 0 unspecified atom stereocenters. The fraction of sp³-hybridized carbons (Fsp3) is 0. The van der Waals surface area contributed by atoms with Crippen LogP contribution < -0.4 is 0 Å². The molecule has 0 atom stereocenters. The zero-order chi connectivity index (χ0) is 0. The van der Waals surface area contributed by atoms with Crippen molar-refractivity contribution in [1.82, 2.24) is 0 Å². The number of hydrogen-bond donors (Lipinski definition) is 0. The largest absolute Gasteiger partial charge is 0.412 e. The van der Waals surface area contributed by atoms with E-state index >= 15 is 0 Å². The van der Waals surface area contributed by atoms with Crippen LogP contribution >= 0.6 is 0 Å². The van der Waals surface area contributed by atoms with Gasteiger partial charge in [0.2, 0.25) is 0 Å². The van der Waals surface area contributed by atoms with E-state index in [1.165, 1.54) is 0 Å². The van der Waals surface area contributed by atoms with E-state index in [2.05, 4.69) is 0 Å². The van der Waals surface area contributed by atoms with Gasteiger partial charge in [-0.1, -0.05) is 0 Å². The highest BCUT2D eigenvalue weighted by Gasteiger charge is -0.404. The molecular formula is H18O9. The van der Waals surface area contributed by atoms with Crippen LogP contribution in [0.1, 0.15) is 0 Å². The summed E-state index contributed by atoms with van der Waals surface area (Å²) in [4.78, 5) is 0. The van der Waals surface area contributed by atoms with E-state index in [4.69, 9.17) is 0 Å². The zero-order valence-corrected chi connectivity index (χ0v) is 4.50. The summed E-state index contributed by atoms with van der Waals surface area (Å²) in [5.41, 5.74) is 0. The van der Waals surface area contributed by atoms with Crippen LogP contribution in [0.15, 0.2) is 0 Å². The average molecular weight is 162 g/mol. The lowest BCUT2D eigenvalue weighted by atomic mass is 16.0. The van der Waals surface area contributed by atoms with Crippen molar-refractivity contribution in [2.75, 3.05) is 0 Å². The highest BCUT2D eigenvalue weighted by molar-refractivity contribution is 0.832. The van der Waals surface area contributed by atoms with E-state index in [9.17, 15) is 0 Å². The Hall–Kier alpha value is -0.360. The molecule has 0 saturated heterocycles. The summed E-state index contributed by atoms with van der Waals surface area (Å²) in [7, 11) is 0. The Labute approximate surface area is 50.7 Å². The Morgan fingerprint density at radius 1 is 0.111 bits per heavy atom. The van der Waals surface area contributed by atoms with Gasteiger partial charge >= 0.3 is 0 Å². The summed E-state index contributed by atoms with van der Waals surface area (Å²) < 4.78 is 0. The molecule has 0 amide bonds. The van der Waals surface area contributed by atoms with Crippen molar-refractivity contribution in [2.24, 2.45) is 0 Å². The quantitative estimate of drug-likeness (QED) is 0.320. The fourth-order valence-corrected chi connectivity index (χ4v) is 0. The maximum absolute atomic E-state index is 0. The lowest BCUT2D eigenvalue weighted by molar-refractivity contribution is 0.823. The third-order valence-electron chi connectivity index (χ3n) is 0. The predicted molar refractivity (Wildman–Crippen MR) is 32.5 cm³/mol. The molecule has 0 spiro atoms. The van der Waals surface area contributed by atoms with Crippen LogP contribution in [0.25, 0.3) is 0 Å². The molecule has 72 valence electrons. The van der Waals surface area contributed by atoms with E-state index in [-0.39, 0.29) is 49.3 Å². The van der Waals surface area contributed by atoms with Crippen LogP contribution in [-0.2, 0) is 0 Å². The number of rotatable bonds is 0. The molecule has 0 radical (unpaired) electrons. The predicted octanol–water partition coefficient (Wildman–Crippen LogP) is -7.42. The van der Waals surface area contributed by atoms with Crippen LogP contribution in [0.4, 0.5) is 0 Å². The zero-order valence-electron chi connectivity index (χ0n) is 4.50. The topological polar surface area (TPSA) is 284 Å². The van der Waals surface area contributed by atoms with E-state index < -0.39 is 0 Å². The van der Waals surface area contributed by atoms with Gasteiger partial charge in [-0.2, -0.15) is 0 Å². The summed E-state index contributed by atoms with van der Waals surface area (Å²) in [5.74, 6) is 0. The Bertz CT molecular complexity index is 0. The molecule has 0 aromatic rings. The summed E-state index contributed by atoms with van der Waals surface area (Å²) >= 11 is 0. The molecule has 9 heteroatoms. The van der Waals surface area contributed by atoms with Gasteiger partial charge in [-0.25, -0.2) is 0 Å². The maximum atomic E-state index is 0. The van der Waals surface area contributed by atoms with Gasteiger partial charge in [-0.15, -0.1) is 0 Å². The van der Waals surface area contributed by atoms with Gasteiger partial charge in [0, 0.05) is 0 Å². The molecule has 9 nitrogen and oxygen atoms in total. The summed E-state index contributed by atoms with van der Waals surface area (Å²) in [6, 6.07) is 0. The Morgan fingerprint density at radius 3 is 0.111 bits per heavy atom. The third kappa shape index (κ3) is 1880. The van der Waals surface area contributed by atoms with Crippen molar-refractivity contribution in [3.05, 3.63) is 0 Å². The minimum absolute atomic E-state index is 0. The van der Waals surface area contributed by atoms with Crippen LogP contribution in [-0.4, -0.2) is 49.3 Å². The first-order chi connectivity index (χ1) is 0. The third-order valence-corrected chi connectivity index (χ3v) is 0. The van der Waals surface area contributed by atoms with E-state index in [1.807, 2.05) is 0 Å². The highest BCUT2D eigenvalue weighted by atomic mass is 16.0. The highest BCUT2D eigenvalue weighted by Crippen LogP contribution is -0.281. The second kappa shape index (κ2) is 2600. The Morgan fingerprint density at radius 2 is 0.111 bits per heavy atom. The monoisotopic (exact) mass is 162 g/mol. The summed E-state index contributed by atoms with van der Waals surface area (Å²) in [6.45, 7) is 0. The molecule has 9 heavy (non-hydrogen) atoms. The van der Waals surface area contributed by atoms with Gasteiger partial charge in [0.1, 0.15) is 0 Å². The molecule has 18 N–H and O–H groups in total. The normalized spacial score (nSPS) is 0. The van der Waals surface area contributed by atoms with Crippen molar-refractivity contribution >= 4 is 0 Å². The van der Waals surface area contributed by atoms with Crippen LogP contribution in [0.3, 0.4) is 0 Å². The first-order valence-corrected chi connectivity index (χ1v) is 0. The van der Waals surface area contributed by atoms with E-state index in [0.717, 1.165) is 0 Å². The minimum Gasteiger partial charge on any atom is -0.412 e. The first-order valence-electron chi connectivity index (χ1n) is 0. The van der Waals surface area contributed by atoms with Gasteiger partial charge in [-0.3, -0.25) is 0 Å². The fourth-order valence-electron chi connectivity index (χ4n) is 0. The molecule has 0 heterocycles. The van der Waals surface area contributed by atoms with Crippen LogP contribution in [0, 0.1) is 0 Å². The molecule has 0 aliphatic heterocycles. The molecule has 0 rings (SSSR count).